The number of carbonyl (C=O) groups is 4. The van der Waals surface area contributed by atoms with Gasteiger partial charge in [-0.15, -0.1) is 0 Å². The number of nitrogens with zero attached hydrogens (tertiary/aromatic N) is 4. The number of rotatable bonds is 13. The summed E-state index contributed by atoms with van der Waals surface area (Å²) < 4.78 is 11.6. The van der Waals surface area contributed by atoms with E-state index in [1.807, 2.05) is 60.0 Å². The Labute approximate surface area is 340 Å². The lowest BCUT2D eigenvalue weighted by Gasteiger charge is -2.41. The minimum atomic E-state index is -0.996. The van der Waals surface area contributed by atoms with Crippen LogP contribution in [0.5, 0.6) is 5.75 Å². The van der Waals surface area contributed by atoms with E-state index >= 15 is 0 Å². The van der Waals surface area contributed by atoms with E-state index in [0.717, 1.165) is 81.3 Å². The third-order valence-corrected chi connectivity index (χ3v) is 12.6. The summed E-state index contributed by atoms with van der Waals surface area (Å²) in [6, 6.07) is 11.5. The van der Waals surface area contributed by atoms with Crippen LogP contribution in [0.3, 0.4) is 0 Å². The zero-order chi connectivity index (χ0) is 39.6. The molecule has 4 aliphatic rings. The van der Waals surface area contributed by atoms with Gasteiger partial charge in [-0.1, -0.05) is 63.9 Å². The highest BCUT2D eigenvalue weighted by molar-refractivity contribution is 5.91. The van der Waals surface area contributed by atoms with Crippen molar-refractivity contribution < 1.29 is 33.8 Å². The molecule has 0 unspecified atom stereocenters. The van der Waals surface area contributed by atoms with Crippen molar-refractivity contribution in [2.24, 2.45) is 11.8 Å². The van der Waals surface area contributed by atoms with E-state index in [2.05, 4.69) is 17.1 Å². The second kappa shape index (κ2) is 20.9. The summed E-state index contributed by atoms with van der Waals surface area (Å²) in [5.74, 6) is 0.987. The number of aryl methyl sites for hydroxylation is 2. The summed E-state index contributed by atoms with van der Waals surface area (Å²) >= 11 is 0. The van der Waals surface area contributed by atoms with Gasteiger partial charge in [0.25, 0.3) is 5.91 Å². The van der Waals surface area contributed by atoms with Gasteiger partial charge in [0.15, 0.2) is 6.10 Å². The lowest BCUT2D eigenvalue weighted by Crippen LogP contribution is -2.52. The molecule has 0 radical (unpaired) electrons. The Kier molecular flexibility index (Phi) is 16.1. The third-order valence-electron chi connectivity index (χ3n) is 12.6. The minimum absolute atomic E-state index is 0. The van der Waals surface area contributed by atoms with Gasteiger partial charge in [-0.05, 0) is 118 Å². The van der Waals surface area contributed by atoms with Crippen molar-refractivity contribution in [1.29, 1.82) is 0 Å². The molecule has 314 valence electrons. The normalized spacial score (nSPS) is 19.2. The molecule has 12 nitrogen and oxygen atoms in total. The summed E-state index contributed by atoms with van der Waals surface area (Å²) in [7, 11) is 0. The van der Waals surface area contributed by atoms with Gasteiger partial charge in [0.05, 0.1) is 13.2 Å². The smallest absolute Gasteiger partial charge is 0.410 e. The molecule has 3 fully saturated rings. The number of anilines is 1. The van der Waals surface area contributed by atoms with Crippen molar-refractivity contribution in [1.82, 2.24) is 19.6 Å². The number of likely N-dealkylation sites (tertiary alicyclic amines) is 3. The van der Waals surface area contributed by atoms with Crippen LogP contribution in [0.2, 0.25) is 0 Å². The van der Waals surface area contributed by atoms with Crippen LogP contribution in [0.1, 0.15) is 101 Å². The Balaban J connectivity index is 0.00000620. The van der Waals surface area contributed by atoms with Gasteiger partial charge < -0.3 is 34.6 Å². The Morgan fingerprint density at radius 3 is 2.14 bits per heavy atom. The molecule has 12 heteroatoms. The fourth-order valence-corrected chi connectivity index (χ4v) is 9.17. The number of benzene rings is 2. The van der Waals surface area contributed by atoms with Crippen molar-refractivity contribution in [3.8, 4) is 5.75 Å². The first kappa shape index (κ1) is 43.8. The number of ether oxygens (including phenoxy) is 2. The molecule has 2 aromatic rings. The summed E-state index contributed by atoms with van der Waals surface area (Å²) in [6.07, 6.45) is 8.97. The number of para-hydroxylation sites is 1. The number of aromatic hydroxyl groups is 1. The average Bonchev–Trinajstić information content (AvgIpc) is 3.37. The Hall–Kier alpha value is -4.32. The molecule has 57 heavy (non-hydrogen) atoms. The van der Waals surface area contributed by atoms with E-state index in [1.54, 1.807) is 4.90 Å². The molecular weight excluding hydrogens is 723 g/mol. The number of nitrogens with one attached hydrogen (secondary N) is 1. The van der Waals surface area contributed by atoms with Gasteiger partial charge >= 0.3 is 18.1 Å². The Morgan fingerprint density at radius 1 is 0.842 bits per heavy atom. The molecule has 0 saturated carbocycles. The topological polar surface area (TPSA) is 132 Å². The van der Waals surface area contributed by atoms with Crippen LogP contribution in [0.25, 0.3) is 0 Å². The molecule has 0 aliphatic carbocycles. The number of amides is 4. The maximum atomic E-state index is 14.2. The fraction of sp³-hybridized carbons (Fsp3) is 0.644. The highest BCUT2D eigenvalue weighted by Crippen LogP contribution is 2.33. The first-order chi connectivity index (χ1) is 27.1. The number of fused-ring (bicyclic) bond motifs is 1. The average molecular weight is 790 g/mol. The molecule has 4 heterocycles. The Bertz CT molecular complexity index is 1640. The van der Waals surface area contributed by atoms with Crippen LogP contribution < -0.4 is 5.32 Å². The summed E-state index contributed by atoms with van der Waals surface area (Å²) in [6.45, 7) is 11.2. The summed E-state index contributed by atoms with van der Waals surface area (Å²) in [5.41, 5.74) is 4.23. The second-order valence-corrected chi connectivity index (χ2v) is 16.5. The maximum Gasteiger partial charge on any atom is 0.410 e. The number of urea groups is 1. The number of phenolic OH excluding ortho intramolecular Hbond substituents is 1. The number of hydrogen-bond acceptors (Lipinski definition) is 8. The molecule has 2 aromatic carbocycles. The van der Waals surface area contributed by atoms with Crippen LogP contribution in [0, 0.1) is 25.7 Å². The van der Waals surface area contributed by atoms with Crippen molar-refractivity contribution >= 4 is 29.7 Å². The lowest BCUT2D eigenvalue weighted by atomic mass is 9.78. The summed E-state index contributed by atoms with van der Waals surface area (Å²) in [4.78, 5) is 61.1. The predicted molar refractivity (Wildman–Crippen MR) is 222 cm³/mol. The molecule has 0 spiro atoms. The van der Waals surface area contributed by atoms with Crippen molar-refractivity contribution in [2.45, 2.75) is 117 Å². The quantitative estimate of drug-likeness (QED) is 0.160. The molecule has 4 aliphatic heterocycles. The SMILES string of the molecule is C.CCCCCCOC(=O)CN1CCC(C2CCN(C(=O)[C@@H](Cc3cc(C)c(O)c(C)c3)OC(=O)N3CCC(N4CCc5ccccc5NC4=O)CC3)CC2)CC1. The molecule has 0 bridgehead atoms. The van der Waals surface area contributed by atoms with E-state index in [0.29, 0.717) is 81.7 Å². The third kappa shape index (κ3) is 11.6. The molecule has 6 rings (SSSR count). The van der Waals surface area contributed by atoms with Gasteiger partial charge in [-0.25, -0.2) is 9.59 Å². The van der Waals surface area contributed by atoms with Crippen LogP contribution in [0.15, 0.2) is 36.4 Å². The number of phenols is 1. The number of carbonyl (C=O) groups excluding carboxylic acids is 4. The van der Waals surface area contributed by atoms with E-state index in [9.17, 15) is 24.3 Å². The zero-order valence-corrected chi connectivity index (χ0v) is 33.8. The zero-order valence-electron chi connectivity index (χ0n) is 33.8. The van der Waals surface area contributed by atoms with E-state index in [1.165, 1.54) is 6.42 Å². The van der Waals surface area contributed by atoms with Crippen molar-refractivity contribution in [2.75, 3.05) is 64.3 Å². The van der Waals surface area contributed by atoms with E-state index < -0.39 is 12.2 Å². The minimum Gasteiger partial charge on any atom is -0.507 e. The predicted octanol–water partition coefficient (Wildman–Crippen LogP) is 7.32. The van der Waals surface area contributed by atoms with Gasteiger partial charge in [0.1, 0.15) is 5.75 Å². The molecule has 3 saturated heterocycles. The largest absolute Gasteiger partial charge is 0.507 e. The number of esters is 1. The van der Waals surface area contributed by atoms with Gasteiger partial charge in [-0.3, -0.25) is 14.5 Å². The van der Waals surface area contributed by atoms with Gasteiger partial charge in [-0.2, -0.15) is 0 Å². The van der Waals surface area contributed by atoms with E-state index in [4.69, 9.17) is 9.47 Å². The monoisotopic (exact) mass is 790 g/mol. The summed E-state index contributed by atoms with van der Waals surface area (Å²) in [5, 5.41) is 13.5. The van der Waals surface area contributed by atoms with Crippen LogP contribution in [-0.2, 0) is 31.9 Å². The molecule has 4 amide bonds. The molecule has 1 atom stereocenters. The Morgan fingerprint density at radius 2 is 1.47 bits per heavy atom. The number of unbranched alkanes of at least 4 members (excludes halogenated alkanes) is 3. The van der Waals surface area contributed by atoms with Gasteiger partial charge in [0.2, 0.25) is 0 Å². The van der Waals surface area contributed by atoms with E-state index in [-0.39, 0.29) is 43.5 Å². The maximum absolute atomic E-state index is 14.2. The standard InChI is InChI=1S/C44H63N5O7.CH4/c1-4-5-6-9-26-55-40(50)30-46-19-12-34(13-20-46)35-14-21-47(22-15-35)42(52)39(29-33-27-31(2)41(51)32(3)28-33)56-44(54)48-23-17-37(18-24-48)49-25-16-36-10-7-8-11-38(36)45-43(49)53;/h7-8,10-11,27-28,34-35,37,39,51H,4-6,9,12-26,29-30H2,1-3H3,(H,45,53);1H4/t39-;/m1./s1. The van der Waals surface area contributed by atoms with Crippen molar-refractivity contribution in [3.05, 3.63) is 58.7 Å². The van der Waals surface area contributed by atoms with Crippen LogP contribution in [-0.4, -0.2) is 120 Å². The van der Waals surface area contributed by atoms with Gasteiger partial charge in [0, 0.05) is 50.9 Å². The first-order valence-corrected chi connectivity index (χ1v) is 21.2. The lowest BCUT2D eigenvalue weighted by molar-refractivity contribution is -0.145. The second-order valence-electron chi connectivity index (χ2n) is 16.5. The number of piperidine rings is 3. The molecular formula is C45H67N5O7. The van der Waals surface area contributed by atoms with Crippen LogP contribution >= 0.6 is 0 Å². The first-order valence-electron chi connectivity index (χ1n) is 21.2. The molecule has 0 aromatic heterocycles. The highest BCUT2D eigenvalue weighted by atomic mass is 16.6. The fourth-order valence-electron chi connectivity index (χ4n) is 9.17. The highest BCUT2D eigenvalue weighted by Gasteiger charge is 2.37. The van der Waals surface area contributed by atoms with Crippen molar-refractivity contribution in [3.63, 3.8) is 0 Å². The molecule has 2 N–H and O–H groups in total. The van der Waals surface area contributed by atoms with Crippen LogP contribution in [0.4, 0.5) is 15.3 Å². The number of hydrogen-bond donors (Lipinski definition) is 2.